The molecule has 2 rings (SSSR count). The van der Waals surface area contributed by atoms with Crippen LogP contribution in [0.4, 0.5) is 43.9 Å². The van der Waals surface area contributed by atoms with Crippen molar-refractivity contribution in [3.05, 3.63) is 12.7 Å². The van der Waals surface area contributed by atoms with Gasteiger partial charge in [0, 0.05) is 17.9 Å². The number of ether oxygens (including phenoxy) is 4. The second kappa shape index (κ2) is 10.00. The number of carbonyl (C=O) groups is 4. The maximum absolute atomic E-state index is 14.0. The average molecular weight is 562 g/mol. The van der Waals surface area contributed by atoms with E-state index in [0.717, 1.165) is 0 Å². The highest BCUT2D eigenvalue weighted by Gasteiger charge is 2.79. The van der Waals surface area contributed by atoms with Crippen LogP contribution in [0.25, 0.3) is 0 Å². The summed E-state index contributed by atoms with van der Waals surface area (Å²) in [5.74, 6) is -34.5. The van der Waals surface area contributed by atoms with Crippen molar-refractivity contribution in [3.8, 4) is 0 Å². The Kier molecular flexibility index (Phi) is 8.15. The Labute approximate surface area is 199 Å². The Morgan fingerprint density at radius 2 is 1.49 bits per heavy atom. The molecule has 2 fully saturated rings. The maximum Gasteiger partial charge on any atom is 0.460 e. The molecule has 0 heterocycles. The molecule has 8 nitrogen and oxygen atoms in total. The van der Waals surface area contributed by atoms with Crippen molar-refractivity contribution in [3.63, 3.8) is 0 Å². The van der Waals surface area contributed by atoms with Gasteiger partial charge in [0.05, 0.1) is 0 Å². The van der Waals surface area contributed by atoms with Crippen LogP contribution in [0, 0.1) is 11.8 Å². The lowest BCUT2D eigenvalue weighted by molar-refractivity contribution is -0.358. The largest absolute Gasteiger partial charge is 0.460 e. The molecule has 0 aromatic heterocycles. The summed E-state index contributed by atoms with van der Waals surface area (Å²) in [6, 6.07) is 0. The molecule has 2 aliphatic carbocycles. The van der Waals surface area contributed by atoms with E-state index in [2.05, 4.69) is 20.8 Å². The summed E-state index contributed by atoms with van der Waals surface area (Å²) in [5, 5.41) is 0. The molecule has 210 valence electrons. The van der Waals surface area contributed by atoms with Crippen LogP contribution in [-0.2, 0) is 38.1 Å². The third-order valence-corrected chi connectivity index (χ3v) is 5.60. The standard InChI is InChI=1S/C19H16F10O8/c1-2-10(30)34-6-11(31)35-12-8-3-4-9(5-8)16(12,36-13(32)15(21,22)7-20)37-14(33)17(23,24)18(25,26)19(27,28)29/h2,8-9,12H,1,3-7H2. The molecule has 0 saturated heterocycles. The van der Waals surface area contributed by atoms with Crippen LogP contribution < -0.4 is 0 Å². The van der Waals surface area contributed by atoms with Crippen LogP contribution in [0.15, 0.2) is 12.7 Å². The van der Waals surface area contributed by atoms with Crippen LogP contribution in [0.2, 0.25) is 0 Å². The first-order chi connectivity index (χ1) is 16.8. The zero-order valence-electron chi connectivity index (χ0n) is 18.1. The van der Waals surface area contributed by atoms with Crippen LogP contribution >= 0.6 is 0 Å². The van der Waals surface area contributed by atoms with Gasteiger partial charge in [-0.2, -0.15) is 39.5 Å². The Morgan fingerprint density at radius 3 is 2.00 bits per heavy atom. The Bertz CT molecular complexity index is 950. The van der Waals surface area contributed by atoms with E-state index in [1.807, 2.05) is 0 Å². The molecular weight excluding hydrogens is 546 g/mol. The monoisotopic (exact) mass is 562 g/mol. The number of hydrogen-bond donors (Lipinski definition) is 0. The molecule has 0 N–H and O–H groups in total. The van der Waals surface area contributed by atoms with E-state index in [9.17, 15) is 63.1 Å². The number of carbonyl (C=O) groups excluding carboxylic acids is 4. The van der Waals surface area contributed by atoms with Crippen molar-refractivity contribution < 1.29 is 82.0 Å². The fraction of sp³-hybridized carbons (Fsp3) is 0.684. The van der Waals surface area contributed by atoms with Crippen LogP contribution in [-0.4, -0.2) is 73.0 Å². The van der Waals surface area contributed by atoms with Crippen LogP contribution in [0.5, 0.6) is 0 Å². The first-order valence-corrected chi connectivity index (χ1v) is 9.98. The number of rotatable bonds is 10. The van der Waals surface area contributed by atoms with Crippen molar-refractivity contribution in [1.29, 1.82) is 0 Å². The number of hydrogen-bond acceptors (Lipinski definition) is 8. The van der Waals surface area contributed by atoms with E-state index in [-0.39, 0.29) is 12.8 Å². The normalized spacial score (nSPS) is 25.8. The zero-order valence-corrected chi connectivity index (χ0v) is 18.1. The fourth-order valence-corrected chi connectivity index (χ4v) is 3.85. The lowest BCUT2D eigenvalue weighted by atomic mass is 9.90. The van der Waals surface area contributed by atoms with Crippen molar-refractivity contribution in [2.75, 3.05) is 13.3 Å². The maximum atomic E-state index is 14.0. The SMILES string of the molecule is C=CC(=O)OCC(=O)OC1C2CCC(C2)C1(OC(=O)C(F)(F)CF)OC(=O)C(F)(F)C(F)(F)C(F)(F)F. The van der Waals surface area contributed by atoms with E-state index >= 15 is 0 Å². The van der Waals surface area contributed by atoms with Gasteiger partial charge in [0.15, 0.2) is 19.4 Å². The van der Waals surface area contributed by atoms with Crippen molar-refractivity contribution in [2.24, 2.45) is 11.8 Å². The molecule has 4 atom stereocenters. The topological polar surface area (TPSA) is 105 Å². The average Bonchev–Trinajstić information content (AvgIpc) is 3.38. The third kappa shape index (κ3) is 5.46. The van der Waals surface area contributed by atoms with Gasteiger partial charge >= 0.3 is 47.8 Å². The Balaban J connectivity index is 2.50. The minimum Gasteiger partial charge on any atom is -0.451 e. The van der Waals surface area contributed by atoms with E-state index in [4.69, 9.17) is 4.74 Å². The molecule has 0 amide bonds. The van der Waals surface area contributed by atoms with Gasteiger partial charge in [-0.25, -0.2) is 23.6 Å². The van der Waals surface area contributed by atoms with Crippen molar-refractivity contribution in [1.82, 2.24) is 0 Å². The first kappa shape index (κ1) is 30.1. The van der Waals surface area contributed by atoms with Gasteiger partial charge in [0.1, 0.15) is 0 Å². The summed E-state index contributed by atoms with van der Waals surface area (Å²) >= 11 is 0. The molecule has 2 saturated carbocycles. The van der Waals surface area contributed by atoms with E-state index in [0.29, 0.717) is 6.08 Å². The van der Waals surface area contributed by atoms with Gasteiger partial charge in [-0.3, -0.25) is 0 Å². The second-order valence-electron chi connectivity index (χ2n) is 7.98. The first-order valence-electron chi connectivity index (χ1n) is 9.98. The highest BCUT2D eigenvalue weighted by Crippen LogP contribution is 2.56. The third-order valence-electron chi connectivity index (χ3n) is 5.60. The van der Waals surface area contributed by atoms with Crippen LogP contribution in [0.1, 0.15) is 19.3 Å². The lowest BCUT2D eigenvalue weighted by Gasteiger charge is -2.42. The summed E-state index contributed by atoms with van der Waals surface area (Å²) in [6.45, 7) is -0.995. The van der Waals surface area contributed by atoms with Gasteiger partial charge in [-0.1, -0.05) is 6.58 Å². The van der Waals surface area contributed by atoms with Crippen molar-refractivity contribution >= 4 is 23.9 Å². The molecule has 4 unspecified atom stereocenters. The number of alkyl halides is 10. The molecule has 18 heteroatoms. The van der Waals surface area contributed by atoms with Gasteiger partial charge in [-0.15, -0.1) is 0 Å². The molecule has 0 spiro atoms. The highest BCUT2D eigenvalue weighted by atomic mass is 19.4. The van der Waals surface area contributed by atoms with Gasteiger partial charge in [0.2, 0.25) is 0 Å². The molecular formula is C19H16F10O8. The highest BCUT2D eigenvalue weighted by molar-refractivity contribution is 5.84. The Hall–Kier alpha value is -3.08. The molecule has 37 heavy (non-hydrogen) atoms. The number of fused-ring (bicyclic) bond motifs is 2. The summed E-state index contributed by atoms with van der Waals surface area (Å²) in [7, 11) is 0. The summed E-state index contributed by atoms with van der Waals surface area (Å²) in [6.07, 6.45) is -9.52. The molecule has 2 bridgehead atoms. The fourth-order valence-electron chi connectivity index (χ4n) is 3.85. The minimum atomic E-state index is -7.05. The van der Waals surface area contributed by atoms with Crippen LogP contribution in [0.3, 0.4) is 0 Å². The second-order valence-corrected chi connectivity index (χ2v) is 7.98. The predicted molar refractivity (Wildman–Crippen MR) is 93.7 cm³/mol. The Morgan fingerprint density at radius 1 is 0.919 bits per heavy atom. The summed E-state index contributed by atoms with van der Waals surface area (Å²) in [5.41, 5.74) is 0. The smallest absolute Gasteiger partial charge is 0.451 e. The molecule has 0 radical (unpaired) electrons. The predicted octanol–water partition coefficient (Wildman–Crippen LogP) is 3.28. The van der Waals surface area contributed by atoms with E-state index in [1.54, 1.807) is 0 Å². The molecule has 2 aliphatic rings. The quantitative estimate of drug-likeness (QED) is 0.131. The lowest BCUT2D eigenvalue weighted by Crippen LogP contribution is -2.62. The zero-order chi connectivity index (χ0) is 28.6. The van der Waals surface area contributed by atoms with E-state index < -0.39 is 91.3 Å². The minimum absolute atomic E-state index is 0.0412. The van der Waals surface area contributed by atoms with Crippen molar-refractivity contribution in [2.45, 2.75) is 55.1 Å². The molecule has 0 aromatic rings. The molecule has 0 aliphatic heterocycles. The summed E-state index contributed by atoms with van der Waals surface area (Å²) in [4.78, 5) is 47.0. The van der Waals surface area contributed by atoms with E-state index in [1.165, 1.54) is 0 Å². The number of halogens is 10. The van der Waals surface area contributed by atoms with Gasteiger partial charge in [0.25, 0.3) is 5.79 Å². The van der Waals surface area contributed by atoms with Gasteiger partial charge in [-0.05, 0) is 19.3 Å². The number of esters is 4. The summed E-state index contributed by atoms with van der Waals surface area (Å²) < 4.78 is 149. The molecule has 0 aromatic carbocycles. The van der Waals surface area contributed by atoms with Gasteiger partial charge < -0.3 is 18.9 Å².